The molecule has 0 heterocycles. The first kappa shape index (κ1) is 49.6. The molecule has 0 saturated heterocycles. The Labute approximate surface area is 275 Å². The van der Waals surface area contributed by atoms with Crippen molar-refractivity contribution in [3.63, 3.8) is 0 Å². The third-order valence-corrected chi connectivity index (χ3v) is 5.17. The zero-order valence-corrected chi connectivity index (χ0v) is 30.1. The molecule has 1 atom stereocenters. The Bertz CT molecular complexity index is 653. The third kappa shape index (κ3) is 21.2. The minimum atomic E-state index is -0.392. The topological polar surface area (TPSA) is 54.5 Å². The minimum absolute atomic E-state index is 0. The molecule has 0 bridgehead atoms. The summed E-state index contributed by atoms with van der Waals surface area (Å²) in [4.78, 5) is 38.5. The number of hydrogen-bond donors (Lipinski definition) is 0. The zero-order chi connectivity index (χ0) is 27.1. The van der Waals surface area contributed by atoms with Gasteiger partial charge in [0.15, 0.2) is 5.78 Å². The van der Waals surface area contributed by atoms with Crippen LogP contribution >= 0.6 is 0 Å². The van der Waals surface area contributed by atoms with Gasteiger partial charge in [0.2, 0.25) is 0 Å². The molecular weight excluding hydrogens is 485 g/mol. The number of hydrogen-bond acceptors (Lipinski definition) is 4. The smallest absolute Gasteiger partial charge is 0.372 e. The van der Waals surface area contributed by atoms with Crippen molar-refractivity contribution >= 4 is 23.5 Å². The number of carbonyl (C=O) groups excluding carboxylic acids is 3. The maximum absolute atomic E-state index is 12.8. The maximum Gasteiger partial charge on any atom is 1.00 e. The summed E-state index contributed by atoms with van der Waals surface area (Å²) in [6, 6.07) is 6.06. The molecule has 1 aromatic rings. The van der Waals surface area contributed by atoms with Gasteiger partial charge in [0.25, 0.3) is 0 Å². The Morgan fingerprint density at radius 3 is 1.81 bits per heavy atom. The van der Waals surface area contributed by atoms with E-state index in [0.29, 0.717) is 18.4 Å². The second-order valence-electron chi connectivity index (χ2n) is 7.87. The molecule has 0 fully saturated rings. The van der Waals surface area contributed by atoms with Crippen molar-refractivity contribution in [2.24, 2.45) is 11.8 Å². The van der Waals surface area contributed by atoms with Gasteiger partial charge in [0.05, 0.1) is 0 Å². The molecule has 0 radical (unpaired) electrons. The van der Waals surface area contributed by atoms with E-state index in [1.165, 1.54) is 0 Å². The first-order valence-corrected chi connectivity index (χ1v) is 13.5. The molecule has 0 N–H and O–H groups in total. The summed E-state index contributed by atoms with van der Waals surface area (Å²) in [5.41, 5.74) is 2.90. The van der Waals surface area contributed by atoms with Gasteiger partial charge in [-0.15, -0.1) is 0 Å². The van der Waals surface area contributed by atoms with Crippen molar-refractivity contribution in [2.45, 2.75) is 108 Å². The Kier molecular flexibility index (Phi) is 45.2. The van der Waals surface area contributed by atoms with E-state index in [-0.39, 0.29) is 90.1 Å². The molecule has 0 spiro atoms. The van der Waals surface area contributed by atoms with Gasteiger partial charge >= 0.3 is 51.4 Å². The number of Topliss-reactive ketones (excluding diaryl/α,β-unsaturated/α-hetero) is 2. The number of ketones is 2. The van der Waals surface area contributed by atoms with Crippen molar-refractivity contribution < 1.29 is 65.8 Å². The monoisotopic (exact) mass is 545 g/mol. The van der Waals surface area contributed by atoms with Crippen LogP contribution in [0.1, 0.15) is 117 Å². The summed E-state index contributed by atoms with van der Waals surface area (Å²) in [5, 5.41) is 0. The van der Waals surface area contributed by atoms with Gasteiger partial charge in [0.1, 0.15) is 12.1 Å². The number of aryl methyl sites for hydroxylation is 1. The van der Waals surface area contributed by atoms with Crippen molar-refractivity contribution in [2.75, 3.05) is 18.0 Å². The number of benzene rings is 1. The average Bonchev–Trinajstić information content (AvgIpc) is 2.89. The fraction of sp³-hybridized carbons (Fsp3) is 0.625. The van der Waals surface area contributed by atoms with Crippen LogP contribution in [0.5, 0.6) is 0 Å². The Morgan fingerprint density at radius 1 is 0.946 bits per heavy atom. The van der Waals surface area contributed by atoms with Crippen LogP contribution in [0.25, 0.3) is 0 Å². The molecule has 5 heteroatoms. The van der Waals surface area contributed by atoms with E-state index >= 15 is 0 Å². The predicted molar refractivity (Wildman–Crippen MR) is 163 cm³/mol. The molecule has 0 saturated carbocycles. The van der Waals surface area contributed by atoms with Crippen molar-refractivity contribution in [1.29, 1.82) is 0 Å². The van der Waals surface area contributed by atoms with Crippen LogP contribution in [0, 0.1) is 33.6 Å². The van der Waals surface area contributed by atoms with Crippen LogP contribution in [0.3, 0.4) is 0 Å². The van der Waals surface area contributed by atoms with E-state index in [9.17, 15) is 14.4 Å². The summed E-state index contributed by atoms with van der Waals surface area (Å²) in [7, 11) is 0. The quantitative estimate of drug-likeness (QED) is 0.123. The van der Waals surface area contributed by atoms with Gasteiger partial charge in [-0.05, 0) is 49.4 Å². The predicted octanol–water partition coefficient (Wildman–Crippen LogP) is 6.07. The molecule has 0 aliphatic carbocycles. The molecule has 1 aromatic carbocycles. The van der Waals surface area contributed by atoms with Gasteiger partial charge in [-0.3, -0.25) is 9.59 Å². The molecule has 0 aliphatic heterocycles. The van der Waals surface area contributed by atoms with Crippen molar-refractivity contribution in [3.05, 3.63) is 51.1 Å². The van der Waals surface area contributed by atoms with E-state index in [1.807, 2.05) is 53.7 Å². The minimum Gasteiger partial charge on any atom is -0.372 e. The van der Waals surface area contributed by atoms with Crippen LogP contribution in [-0.2, 0) is 16.0 Å². The second-order valence-corrected chi connectivity index (χ2v) is 7.87. The molecule has 1 rings (SSSR count). The number of carbonyl (C=O) groups is 3. The molecular formula is C32H60KNO3-2. The van der Waals surface area contributed by atoms with Crippen LogP contribution in [-0.4, -0.2) is 30.9 Å². The van der Waals surface area contributed by atoms with E-state index < -0.39 is 5.92 Å². The van der Waals surface area contributed by atoms with Gasteiger partial charge in [0, 0.05) is 49.0 Å². The fourth-order valence-electron chi connectivity index (χ4n) is 3.43. The van der Waals surface area contributed by atoms with Gasteiger partial charge in [-0.2, -0.15) is 6.92 Å². The zero-order valence-electron chi connectivity index (χ0n) is 27.0. The summed E-state index contributed by atoms with van der Waals surface area (Å²) >= 11 is 0. The Balaban J connectivity index is -0.000000248. The van der Waals surface area contributed by atoms with E-state index in [1.54, 1.807) is 6.92 Å². The van der Waals surface area contributed by atoms with Gasteiger partial charge in [-0.1, -0.05) is 62.3 Å². The van der Waals surface area contributed by atoms with Gasteiger partial charge < -0.3 is 31.5 Å². The second kappa shape index (κ2) is 33.7. The van der Waals surface area contributed by atoms with Crippen molar-refractivity contribution in [1.82, 2.24) is 0 Å². The molecule has 0 aromatic heterocycles. The molecule has 4 nitrogen and oxygen atoms in total. The third-order valence-electron chi connectivity index (χ3n) is 5.17. The number of nitrogens with zero attached hydrogens (tertiary/aromatic N) is 1. The number of anilines is 1. The normalized spacial score (nSPS) is 9.62. The SMILES string of the molecule is CC.CC.CCCN(CCC)c1ccc(C(=O)CC(C=O)CCC(=O)C(C)C)c(CC)c1.[CH2-]C.[CH3-].[CH3-].[K+]. The summed E-state index contributed by atoms with van der Waals surface area (Å²) in [6.07, 6.45) is 4.75. The number of aldehydes is 1. The van der Waals surface area contributed by atoms with Crippen LogP contribution in [0.15, 0.2) is 18.2 Å². The molecule has 0 amide bonds. The van der Waals surface area contributed by atoms with Crippen LogP contribution in [0.2, 0.25) is 0 Å². The van der Waals surface area contributed by atoms with E-state index in [4.69, 9.17) is 0 Å². The fourth-order valence-corrected chi connectivity index (χ4v) is 3.43. The van der Waals surface area contributed by atoms with Gasteiger partial charge in [-0.25, -0.2) is 0 Å². The van der Waals surface area contributed by atoms with E-state index in [0.717, 1.165) is 49.9 Å². The largest absolute Gasteiger partial charge is 1.00 e. The summed E-state index contributed by atoms with van der Waals surface area (Å²) in [5.74, 6) is -0.285. The van der Waals surface area contributed by atoms with Crippen LogP contribution < -0.4 is 56.3 Å². The average molecular weight is 546 g/mol. The number of rotatable bonds is 14. The first-order chi connectivity index (χ1) is 16.4. The van der Waals surface area contributed by atoms with E-state index in [2.05, 4.69) is 38.7 Å². The molecule has 1 unspecified atom stereocenters. The van der Waals surface area contributed by atoms with Crippen molar-refractivity contribution in [3.8, 4) is 0 Å². The summed E-state index contributed by atoms with van der Waals surface area (Å²) < 4.78 is 0. The standard InChI is InChI=1S/C24H37NO3.2C2H6.C2H5.2CH3.K/c1-6-13-25(14-7-2)21-10-11-22(20(8-3)16-21)24(28)15-19(17-26)9-12-23(27)18(4)5;3*1-2;;;/h10-11,16-19H,6-9,12-15H2,1-5H3;2*1-2H3;1H2,2H3;2*1H3;/q;;;3*-1;+1. The Hall–Kier alpha value is -0.334. The summed E-state index contributed by atoms with van der Waals surface area (Å²) in [6.45, 7) is 25.1. The Morgan fingerprint density at radius 2 is 1.43 bits per heavy atom. The molecule has 0 aliphatic rings. The molecule has 37 heavy (non-hydrogen) atoms. The van der Waals surface area contributed by atoms with Crippen LogP contribution in [0.4, 0.5) is 5.69 Å². The maximum atomic E-state index is 12.8. The first-order valence-electron chi connectivity index (χ1n) is 13.5. The molecule has 214 valence electrons.